The van der Waals surface area contributed by atoms with Gasteiger partial charge in [0.2, 0.25) is 0 Å². The summed E-state index contributed by atoms with van der Waals surface area (Å²) in [6, 6.07) is 0. The molecule has 4 aliphatic rings. The fourth-order valence-corrected chi connectivity index (χ4v) is 5.94. The average molecular weight is 437 g/mol. The van der Waals surface area contributed by atoms with E-state index in [0.29, 0.717) is 6.17 Å². The topological polar surface area (TPSA) is 66.1 Å². The predicted octanol–water partition coefficient (Wildman–Crippen LogP) is -0.217. The van der Waals surface area contributed by atoms with E-state index in [1.54, 1.807) is 0 Å². The number of nitrogens with one attached hydrogen (secondary N) is 2. The number of aromatic nitrogens is 2. The molecule has 1 aromatic rings. The van der Waals surface area contributed by atoms with Gasteiger partial charge >= 0.3 is 0 Å². The lowest BCUT2D eigenvalue weighted by molar-refractivity contribution is 0.00337. The molecule has 0 spiro atoms. The minimum absolute atomic E-state index is 0.361. The zero-order chi connectivity index (χ0) is 20.3. The Morgan fingerprint density at radius 3 is 2.47 bits per heavy atom. The summed E-state index contributed by atoms with van der Waals surface area (Å²) in [5.74, 6) is 4.75. The normalized spacial score (nSPS) is 27.6. The monoisotopic (exact) mass is 436 g/mol. The van der Waals surface area contributed by atoms with Crippen molar-refractivity contribution < 1.29 is 4.74 Å². The van der Waals surface area contributed by atoms with Crippen LogP contribution in [0.5, 0.6) is 0 Å². The molecule has 30 heavy (non-hydrogen) atoms. The number of aromatic amines is 1. The molecular formula is C20H36N8OS. The third-order valence-electron chi connectivity index (χ3n) is 6.76. The number of piperazine rings is 2. The number of rotatable bonds is 4. The van der Waals surface area contributed by atoms with Gasteiger partial charge in [-0.2, -0.15) is 16.9 Å². The molecule has 4 aliphatic heterocycles. The lowest BCUT2D eigenvalue weighted by Gasteiger charge is -2.47. The molecule has 0 aliphatic carbocycles. The summed E-state index contributed by atoms with van der Waals surface area (Å²) in [4.78, 5) is 12.7. The van der Waals surface area contributed by atoms with Crippen LogP contribution in [-0.4, -0.2) is 130 Å². The highest BCUT2D eigenvalue weighted by Crippen LogP contribution is 2.39. The van der Waals surface area contributed by atoms with Crippen molar-refractivity contribution in [2.75, 3.05) is 118 Å². The lowest BCUT2D eigenvalue weighted by atomic mass is 10.2. The van der Waals surface area contributed by atoms with Gasteiger partial charge in [-0.1, -0.05) is 0 Å². The number of hydrogen-bond acceptors (Lipinski definition) is 9. The quantitative estimate of drug-likeness (QED) is 0.667. The van der Waals surface area contributed by atoms with Gasteiger partial charge in [0.15, 0.2) is 11.6 Å². The molecule has 1 atom stereocenters. The molecule has 1 unspecified atom stereocenters. The smallest absolute Gasteiger partial charge is 0.176 e. The number of hydrogen-bond donors (Lipinski definition) is 2. The Bertz CT molecular complexity index is 684. The largest absolute Gasteiger partial charge is 0.379 e. The van der Waals surface area contributed by atoms with Crippen molar-refractivity contribution in [2.45, 2.75) is 6.17 Å². The standard InChI is InChI=1S/C20H36N8OS/c1-24-6-7-28(17(16-24)25-8-12-29-13-9-25)20-18(26-4-2-21-3-5-26)19(22-23-20)27-10-14-30-15-11-27/h17,21H,2-16H2,1H3,(H,22,23). The van der Waals surface area contributed by atoms with Crippen LogP contribution in [0.3, 0.4) is 0 Å². The molecule has 0 bridgehead atoms. The molecule has 0 amide bonds. The summed E-state index contributed by atoms with van der Waals surface area (Å²) < 4.78 is 5.64. The van der Waals surface area contributed by atoms with E-state index in [4.69, 9.17) is 9.84 Å². The summed E-state index contributed by atoms with van der Waals surface area (Å²) in [7, 11) is 2.24. The van der Waals surface area contributed by atoms with Gasteiger partial charge in [0.05, 0.1) is 19.4 Å². The SMILES string of the molecule is CN1CCN(c2[nH]nc(N3CCSCC3)c2N2CCNCC2)C(N2CCOCC2)C1. The highest BCUT2D eigenvalue weighted by Gasteiger charge is 2.36. The molecule has 5 heterocycles. The van der Waals surface area contributed by atoms with Gasteiger partial charge in [-0.05, 0) is 7.05 Å². The van der Waals surface area contributed by atoms with Crippen molar-refractivity contribution in [3.8, 4) is 0 Å². The summed E-state index contributed by atoms with van der Waals surface area (Å²) in [5.41, 5.74) is 1.33. The van der Waals surface area contributed by atoms with E-state index in [1.165, 1.54) is 23.0 Å². The van der Waals surface area contributed by atoms with Crippen LogP contribution in [0.1, 0.15) is 0 Å². The van der Waals surface area contributed by atoms with Gasteiger partial charge in [0.1, 0.15) is 5.69 Å². The van der Waals surface area contributed by atoms with Gasteiger partial charge in [0.25, 0.3) is 0 Å². The van der Waals surface area contributed by atoms with Crippen LogP contribution in [0.25, 0.3) is 0 Å². The number of thioether (sulfide) groups is 1. The maximum absolute atomic E-state index is 5.64. The molecule has 0 aromatic carbocycles. The third kappa shape index (κ3) is 4.25. The third-order valence-corrected chi connectivity index (χ3v) is 7.70. The Morgan fingerprint density at radius 1 is 0.933 bits per heavy atom. The lowest BCUT2D eigenvalue weighted by Crippen LogP contribution is -2.62. The van der Waals surface area contributed by atoms with Gasteiger partial charge < -0.3 is 29.7 Å². The highest BCUT2D eigenvalue weighted by atomic mass is 32.2. The zero-order valence-corrected chi connectivity index (χ0v) is 19.0. The molecule has 1 aromatic heterocycles. The Hall–Kier alpha value is -1.20. The molecule has 4 fully saturated rings. The first-order valence-corrected chi connectivity index (χ1v) is 12.6. The van der Waals surface area contributed by atoms with Crippen LogP contribution in [-0.2, 0) is 4.74 Å². The molecule has 5 rings (SSSR count). The van der Waals surface area contributed by atoms with Gasteiger partial charge in [-0.25, -0.2) is 0 Å². The molecule has 168 valence electrons. The van der Waals surface area contributed by atoms with E-state index in [9.17, 15) is 0 Å². The molecular weight excluding hydrogens is 400 g/mol. The maximum Gasteiger partial charge on any atom is 0.176 e. The number of nitrogens with zero attached hydrogens (tertiary/aromatic N) is 6. The Kier molecular flexibility index (Phi) is 6.56. The minimum Gasteiger partial charge on any atom is -0.379 e. The number of morpholine rings is 1. The first-order chi connectivity index (χ1) is 14.8. The Morgan fingerprint density at radius 2 is 1.70 bits per heavy atom. The summed E-state index contributed by atoms with van der Waals surface area (Å²) in [5, 5.41) is 11.9. The number of H-pyrrole nitrogens is 1. The van der Waals surface area contributed by atoms with E-state index in [0.717, 1.165) is 91.0 Å². The van der Waals surface area contributed by atoms with Gasteiger partial charge in [-0.15, -0.1) is 0 Å². The number of ether oxygens (including phenoxy) is 1. The van der Waals surface area contributed by atoms with Crippen molar-refractivity contribution in [3.63, 3.8) is 0 Å². The summed E-state index contributed by atoms with van der Waals surface area (Å²) >= 11 is 2.05. The molecule has 2 N–H and O–H groups in total. The van der Waals surface area contributed by atoms with E-state index >= 15 is 0 Å². The number of likely N-dealkylation sites (N-methyl/N-ethyl adjacent to an activating group) is 1. The van der Waals surface area contributed by atoms with Crippen LogP contribution in [0.2, 0.25) is 0 Å². The summed E-state index contributed by atoms with van der Waals surface area (Å²) in [6.45, 7) is 13.2. The van der Waals surface area contributed by atoms with Crippen LogP contribution in [0.4, 0.5) is 17.3 Å². The fraction of sp³-hybridized carbons (Fsp3) is 0.850. The van der Waals surface area contributed by atoms with Crippen molar-refractivity contribution in [2.24, 2.45) is 0 Å². The van der Waals surface area contributed by atoms with Crippen molar-refractivity contribution in [1.82, 2.24) is 25.3 Å². The maximum atomic E-state index is 5.64. The average Bonchev–Trinajstić information content (AvgIpc) is 3.26. The second kappa shape index (κ2) is 9.52. The molecule has 0 radical (unpaired) electrons. The highest BCUT2D eigenvalue weighted by molar-refractivity contribution is 7.99. The van der Waals surface area contributed by atoms with E-state index < -0.39 is 0 Å². The second-order valence-electron chi connectivity index (χ2n) is 8.67. The van der Waals surface area contributed by atoms with Gasteiger partial charge in [0, 0.05) is 83.5 Å². The van der Waals surface area contributed by atoms with E-state index in [1.807, 2.05) is 0 Å². The summed E-state index contributed by atoms with van der Waals surface area (Å²) in [6.07, 6.45) is 0.361. The van der Waals surface area contributed by atoms with Crippen LogP contribution in [0, 0.1) is 0 Å². The minimum atomic E-state index is 0.361. The predicted molar refractivity (Wildman–Crippen MR) is 124 cm³/mol. The first-order valence-electron chi connectivity index (χ1n) is 11.4. The molecule has 9 nitrogen and oxygen atoms in total. The number of anilines is 3. The molecule has 0 saturated carbocycles. The zero-order valence-electron chi connectivity index (χ0n) is 18.2. The van der Waals surface area contributed by atoms with Crippen LogP contribution < -0.4 is 20.0 Å². The van der Waals surface area contributed by atoms with E-state index in [2.05, 4.69) is 53.7 Å². The van der Waals surface area contributed by atoms with E-state index in [-0.39, 0.29) is 0 Å². The second-order valence-corrected chi connectivity index (χ2v) is 9.89. The fourth-order valence-electron chi connectivity index (χ4n) is 5.04. The first kappa shape index (κ1) is 20.7. The van der Waals surface area contributed by atoms with Crippen molar-refractivity contribution in [1.29, 1.82) is 0 Å². The van der Waals surface area contributed by atoms with Crippen molar-refractivity contribution in [3.05, 3.63) is 0 Å². The Balaban J connectivity index is 1.48. The van der Waals surface area contributed by atoms with Crippen LogP contribution >= 0.6 is 11.8 Å². The Labute approximate surface area is 184 Å². The molecule has 10 heteroatoms. The van der Waals surface area contributed by atoms with Crippen molar-refractivity contribution >= 4 is 29.1 Å². The van der Waals surface area contributed by atoms with Crippen LogP contribution in [0.15, 0.2) is 0 Å². The molecule has 4 saturated heterocycles. The van der Waals surface area contributed by atoms with Gasteiger partial charge in [-0.3, -0.25) is 10.00 Å².